The zero-order chi connectivity index (χ0) is 21.1. The Labute approximate surface area is 190 Å². The predicted octanol–water partition coefficient (Wildman–Crippen LogP) is 6.56. The van der Waals surface area contributed by atoms with Crippen LogP contribution in [0, 0.1) is 0 Å². The van der Waals surface area contributed by atoms with E-state index in [-0.39, 0.29) is 5.78 Å². The van der Waals surface area contributed by atoms with Gasteiger partial charge in [0, 0.05) is 59.7 Å². The van der Waals surface area contributed by atoms with Gasteiger partial charge in [0.25, 0.3) is 0 Å². The van der Waals surface area contributed by atoms with E-state index >= 15 is 0 Å². The van der Waals surface area contributed by atoms with Gasteiger partial charge >= 0.3 is 0 Å². The first-order valence-corrected chi connectivity index (χ1v) is 11.2. The van der Waals surface area contributed by atoms with Crippen molar-refractivity contribution in [2.75, 3.05) is 38.0 Å². The summed E-state index contributed by atoms with van der Waals surface area (Å²) in [5.74, 6) is 0.156. The van der Waals surface area contributed by atoms with Gasteiger partial charge in [-0.1, -0.05) is 44.0 Å². The van der Waals surface area contributed by atoms with Crippen LogP contribution in [-0.2, 0) is 4.79 Å². The normalized spacial score (nSPS) is 17.1. The van der Waals surface area contributed by atoms with Gasteiger partial charge in [0.05, 0.1) is 0 Å². The predicted molar refractivity (Wildman–Crippen MR) is 132 cm³/mol. The maximum Gasteiger partial charge on any atom is 0.185 e. The molecule has 2 aromatic carbocycles. The van der Waals surface area contributed by atoms with Crippen LogP contribution in [0.25, 0.3) is 12.2 Å². The largest absolute Gasteiger partial charge is 0.378 e. The summed E-state index contributed by atoms with van der Waals surface area (Å²) in [6.45, 7) is 0. The summed E-state index contributed by atoms with van der Waals surface area (Å²) < 4.78 is 2.00. The monoisotopic (exact) mass is 516 g/mol. The molecule has 5 heteroatoms. The van der Waals surface area contributed by atoms with E-state index in [4.69, 9.17) is 0 Å². The fraction of sp³-hybridized carbons (Fsp3) is 0.292. The molecule has 29 heavy (non-hydrogen) atoms. The summed E-state index contributed by atoms with van der Waals surface area (Å²) in [4.78, 5) is 17.2. The molecule has 3 nitrogen and oxygen atoms in total. The fourth-order valence-corrected chi connectivity index (χ4v) is 4.34. The third kappa shape index (κ3) is 5.20. The van der Waals surface area contributed by atoms with Gasteiger partial charge < -0.3 is 9.80 Å². The van der Waals surface area contributed by atoms with Gasteiger partial charge in [0.2, 0.25) is 0 Å². The standard InChI is InChI=1S/C24H26Br2N2O/c1-27(2)20-10-8-16(22(25)14-20)12-18-6-5-7-19(24(18)29)13-17-9-11-21(28(3)4)15-23(17)26/h8-15H,5-7H2,1-4H3. The van der Waals surface area contributed by atoms with E-state index in [0.29, 0.717) is 0 Å². The topological polar surface area (TPSA) is 23.6 Å². The van der Waals surface area contributed by atoms with Crippen molar-refractivity contribution >= 4 is 61.2 Å². The molecule has 0 spiro atoms. The Morgan fingerprint density at radius 2 is 1.17 bits per heavy atom. The van der Waals surface area contributed by atoms with Gasteiger partial charge in [0.15, 0.2) is 5.78 Å². The zero-order valence-electron chi connectivity index (χ0n) is 17.3. The summed E-state index contributed by atoms with van der Waals surface area (Å²) in [7, 11) is 8.07. The molecule has 3 rings (SSSR count). The maximum absolute atomic E-state index is 13.1. The van der Waals surface area contributed by atoms with E-state index in [1.807, 2.05) is 40.3 Å². The molecule has 2 aromatic rings. The molecule has 1 aliphatic carbocycles. The minimum atomic E-state index is 0.156. The molecule has 0 saturated heterocycles. The van der Waals surface area contributed by atoms with Crippen LogP contribution < -0.4 is 9.80 Å². The van der Waals surface area contributed by atoms with Gasteiger partial charge in [-0.05, 0) is 66.8 Å². The van der Waals surface area contributed by atoms with E-state index in [2.05, 4.69) is 78.1 Å². The Bertz CT molecular complexity index is 913. The van der Waals surface area contributed by atoms with Crippen molar-refractivity contribution in [3.05, 3.63) is 67.6 Å². The molecule has 1 fully saturated rings. The average Bonchev–Trinajstić information content (AvgIpc) is 2.67. The number of halogens is 2. The van der Waals surface area contributed by atoms with Crippen molar-refractivity contribution in [2.24, 2.45) is 0 Å². The van der Waals surface area contributed by atoms with Crippen LogP contribution in [0.4, 0.5) is 11.4 Å². The summed E-state index contributed by atoms with van der Waals surface area (Å²) in [6, 6.07) is 12.4. The highest BCUT2D eigenvalue weighted by atomic mass is 79.9. The summed E-state index contributed by atoms with van der Waals surface area (Å²) in [5.41, 5.74) is 6.08. The second-order valence-corrected chi connectivity index (χ2v) is 9.43. The van der Waals surface area contributed by atoms with Crippen molar-refractivity contribution < 1.29 is 4.79 Å². The van der Waals surface area contributed by atoms with Gasteiger partial charge in [-0.15, -0.1) is 0 Å². The molecule has 0 radical (unpaired) electrons. The van der Waals surface area contributed by atoms with Crippen LogP contribution >= 0.6 is 31.9 Å². The highest BCUT2D eigenvalue weighted by molar-refractivity contribution is 9.10. The summed E-state index contributed by atoms with van der Waals surface area (Å²) >= 11 is 7.30. The quantitative estimate of drug-likeness (QED) is 0.429. The van der Waals surface area contributed by atoms with Crippen LogP contribution in [0.1, 0.15) is 30.4 Å². The molecule has 0 bridgehead atoms. The van der Waals surface area contributed by atoms with Crippen molar-refractivity contribution in [3.8, 4) is 0 Å². The number of anilines is 2. The minimum absolute atomic E-state index is 0.156. The molecule has 0 aliphatic heterocycles. The van der Waals surface area contributed by atoms with Crippen molar-refractivity contribution in [3.63, 3.8) is 0 Å². The first kappa shape index (κ1) is 21.8. The van der Waals surface area contributed by atoms with Crippen LogP contribution in [0.2, 0.25) is 0 Å². The Kier molecular flexibility index (Phi) is 7.01. The van der Waals surface area contributed by atoms with Crippen LogP contribution in [0.15, 0.2) is 56.5 Å². The van der Waals surface area contributed by atoms with Crippen LogP contribution in [0.5, 0.6) is 0 Å². The Balaban J connectivity index is 1.89. The second-order valence-electron chi connectivity index (χ2n) is 7.72. The lowest BCUT2D eigenvalue weighted by Gasteiger charge is -2.18. The number of ketones is 1. The number of rotatable bonds is 4. The molecule has 1 aliphatic rings. The zero-order valence-corrected chi connectivity index (χ0v) is 20.5. The van der Waals surface area contributed by atoms with E-state index in [1.165, 1.54) is 0 Å². The van der Waals surface area contributed by atoms with Crippen molar-refractivity contribution in [2.45, 2.75) is 19.3 Å². The smallest absolute Gasteiger partial charge is 0.185 e. The maximum atomic E-state index is 13.1. The van der Waals surface area contributed by atoms with Gasteiger partial charge in [-0.25, -0.2) is 0 Å². The third-order valence-corrected chi connectivity index (χ3v) is 6.51. The van der Waals surface area contributed by atoms with E-state index in [9.17, 15) is 4.79 Å². The molecule has 152 valence electrons. The second kappa shape index (κ2) is 9.31. The Hall–Kier alpha value is -1.85. The average molecular weight is 518 g/mol. The number of carbonyl (C=O) groups is 1. The number of hydrogen-bond donors (Lipinski definition) is 0. The van der Waals surface area contributed by atoms with Crippen LogP contribution in [-0.4, -0.2) is 34.0 Å². The number of hydrogen-bond acceptors (Lipinski definition) is 3. The number of Topliss-reactive ketones (excluding diaryl/α,β-unsaturated/α-hetero) is 1. The lowest BCUT2D eigenvalue weighted by molar-refractivity contribution is -0.112. The van der Waals surface area contributed by atoms with E-state index in [0.717, 1.165) is 61.9 Å². The molecule has 0 amide bonds. The molecular weight excluding hydrogens is 492 g/mol. The van der Waals surface area contributed by atoms with Crippen molar-refractivity contribution in [1.82, 2.24) is 0 Å². The van der Waals surface area contributed by atoms with Crippen molar-refractivity contribution in [1.29, 1.82) is 0 Å². The first-order valence-electron chi connectivity index (χ1n) is 9.66. The van der Waals surface area contributed by atoms with Gasteiger partial charge in [-0.3, -0.25) is 4.79 Å². The minimum Gasteiger partial charge on any atom is -0.378 e. The molecule has 0 unspecified atom stereocenters. The molecular formula is C24H26Br2N2O. The van der Waals surface area contributed by atoms with E-state index < -0.39 is 0 Å². The molecule has 0 atom stereocenters. The molecule has 1 saturated carbocycles. The Morgan fingerprint density at radius 1 is 0.759 bits per heavy atom. The fourth-order valence-electron chi connectivity index (χ4n) is 3.38. The lowest BCUT2D eigenvalue weighted by atomic mass is 9.87. The number of nitrogens with zero attached hydrogens (tertiary/aromatic N) is 2. The van der Waals surface area contributed by atoms with Gasteiger partial charge in [0.1, 0.15) is 0 Å². The summed E-state index contributed by atoms with van der Waals surface area (Å²) in [6.07, 6.45) is 6.69. The number of allylic oxidation sites excluding steroid dienone is 2. The highest BCUT2D eigenvalue weighted by Gasteiger charge is 2.21. The third-order valence-electron chi connectivity index (χ3n) is 5.14. The SMILES string of the molecule is CN(C)c1ccc(C=C2CCCC(=Cc3ccc(N(C)C)cc3Br)C2=O)c(Br)c1. The summed E-state index contributed by atoms with van der Waals surface area (Å²) in [5, 5.41) is 0. The van der Waals surface area contributed by atoms with Gasteiger partial charge in [-0.2, -0.15) is 0 Å². The molecule has 0 N–H and O–H groups in total. The lowest BCUT2D eigenvalue weighted by Crippen LogP contribution is -2.12. The number of carbonyl (C=O) groups excluding carboxylic acids is 1. The first-order chi connectivity index (χ1) is 13.8. The Morgan fingerprint density at radius 3 is 1.52 bits per heavy atom. The van der Waals surface area contributed by atoms with E-state index in [1.54, 1.807) is 0 Å². The molecule has 0 heterocycles. The highest BCUT2D eigenvalue weighted by Crippen LogP contribution is 2.32. The van der Waals surface area contributed by atoms with Crippen LogP contribution in [0.3, 0.4) is 0 Å². The molecule has 0 aromatic heterocycles. The number of benzene rings is 2.